The number of methoxy groups -OCH3 is 3. The maximum Gasteiger partial charge on any atom is 0.311 e. The van der Waals surface area contributed by atoms with Gasteiger partial charge in [0.25, 0.3) is 0 Å². The first-order chi connectivity index (χ1) is 13.5. The van der Waals surface area contributed by atoms with E-state index in [0.29, 0.717) is 49.8 Å². The SMILES string of the molecule is COc1ccc(CCC(=O)N2C[C@H]3COCC[C@@]3(C(=O)O)C2)c(OC)c1OC. The number of fused-ring (bicyclic) bond motifs is 1. The van der Waals surface area contributed by atoms with Crippen LogP contribution in [0.2, 0.25) is 0 Å². The zero-order valence-electron chi connectivity index (χ0n) is 16.5. The minimum absolute atomic E-state index is 0.0631. The van der Waals surface area contributed by atoms with Crippen LogP contribution in [-0.2, 0) is 20.7 Å². The Morgan fingerprint density at radius 1 is 1.21 bits per heavy atom. The summed E-state index contributed by atoms with van der Waals surface area (Å²) in [5, 5.41) is 9.75. The van der Waals surface area contributed by atoms with Crippen molar-refractivity contribution >= 4 is 11.9 Å². The lowest BCUT2D eigenvalue weighted by Crippen LogP contribution is -2.45. The molecule has 2 fully saturated rings. The summed E-state index contributed by atoms with van der Waals surface area (Å²) in [5.74, 6) is 0.536. The molecule has 8 nitrogen and oxygen atoms in total. The molecule has 0 saturated carbocycles. The van der Waals surface area contributed by atoms with Gasteiger partial charge in [-0.2, -0.15) is 0 Å². The van der Waals surface area contributed by atoms with Crippen LogP contribution in [0.5, 0.6) is 17.2 Å². The molecule has 8 heteroatoms. The summed E-state index contributed by atoms with van der Waals surface area (Å²) in [4.78, 5) is 26.4. The number of carboxylic acids is 1. The number of amides is 1. The fraction of sp³-hybridized carbons (Fsp3) is 0.600. The van der Waals surface area contributed by atoms with Gasteiger partial charge in [-0.15, -0.1) is 0 Å². The van der Waals surface area contributed by atoms with Gasteiger partial charge in [0.2, 0.25) is 11.7 Å². The number of carbonyl (C=O) groups excluding carboxylic acids is 1. The third kappa shape index (κ3) is 3.48. The number of carbonyl (C=O) groups is 2. The van der Waals surface area contributed by atoms with Crippen molar-refractivity contribution in [1.29, 1.82) is 0 Å². The second kappa shape index (κ2) is 8.26. The maximum atomic E-state index is 12.8. The van der Waals surface area contributed by atoms with Crippen LogP contribution in [-0.4, -0.2) is 69.5 Å². The summed E-state index contributed by atoms with van der Waals surface area (Å²) >= 11 is 0. The highest BCUT2D eigenvalue weighted by molar-refractivity contribution is 5.81. The summed E-state index contributed by atoms with van der Waals surface area (Å²) < 4.78 is 21.6. The molecule has 0 spiro atoms. The largest absolute Gasteiger partial charge is 0.493 e. The molecule has 2 aliphatic rings. The van der Waals surface area contributed by atoms with Gasteiger partial charge in [0, 0.05) is 32.0 Å². The molecule has 1 N–H and O–H groups in total. The van der Waals surface area contributed by atoms with Crippen molar-refractivity contribution in [3.05, 3.63) is 17.7 Å². The van der Waals surface area contributed by atoms with Crippen molar-refractivity contribution in [2.45, 2.75) is 19.3 Å². The zero-order chi connectivity index (χ0) is 20.3. The van der Waals surface area contributed by atoms with Crippen molar-refractivity contribution in [3.63, 3.8) is 0 Å². The average Bonchev–Trinajstić information content (AvgIpc) is 3.12. The smallest absolute Gasteiger partial charge is 0.311 e. The number of benzene rings is 1. The third-order valence-corrected chi connectivity index (χ3v) is 5.88. The Kier molecular flexibility index (Phi) is 5.98. The van der Waals surface area contributed by atoms with Gasteiger partial charge < -0.3 is 29.0 Å². The summed E-state index contributed by atoms with van der Waals surface area (Å²) in [5.41, 5.74) is -0.0454. The highest BCUT2D eigenvalue weighted by Crippen LogP contribution is 2.43. The molecule has 2 atom stereocenters. The van der Waals surface area contributed by atoms with Crippen molar-refractivity contribution in [3.8, 4) is 17.2 Å². The second-order valence-electron chi connectivity index (χ2n) is 7.25. The van der Waals surface area contributed by atoms with Crippen LogP contribution in [0.25, 0.3) is 0 Å². The Morgan fingerprint density at radius 2 is 1.96 bits per heavy atom. The lowest BCUT2D eigenvalue weighted by Gasteiger charge is -2.33. The average molecular weight is 393 g/mol. The van der Waals surface area contributed by atoms with Gasteiger partial charge in [0.15, 0.2) is 11.5 Å². The fourth-order valence-corrected chi connectivity index (χ4v) is 4.25. The van der Waals surface area contributed by atoms with E-state index in [0.717, 1.165) is 5.56 Å². The van der Waals surface area contributed by atoms with Crippen LogP contribution in [0.3, 0.4) is 0 Å². The van der Waals surface area contributed by atoms with Crippen LogP contribution >= 0.6 is 0 Å². The Bertz CT molecular complexity index is 750. The molecule has 3 rings (SSSR count). The van der Waals surface area contributed by atoms with Crippen LogP contribution in [0, 0.1) is 11.3 Å². The van der Waals surface area contributed by atoms with E-state index in [-0.39, 0.29) is 24.8 Å². The van der Waals surface area contributed by atoms with Crippen molar-refractivity contribution < 1.29 is 33.6 Å². The van der Waals surface area contributed by atoms with Gasteiger partial charge in [-0.05, 0) is 24.5 Å². The summed E-state index contributed by atoms with van der Waals surface area (Å²) in [6.07, 6.45) is 1.16. The van der Waals surface area contributed by atoms with Gasteiger partial charge in [-0.1, -0.05) is 6.07 Å². The standard InChI is InChI=1S/C20H27NO7/c1-25-15-6-4-13(17(26-2)18(15)27-3)5-7-16(22)21-10-14-11-28-9-8-20(14,12-21)19(23)24/h4,6,14H,5,7-12H2,1-3H3,(H,23,24)/t14-,20+/m0/s1. The Hall–Kier alpha value is -2.48. The van der Waals surface area contributed by atoms with Crippen LogP contribution in [0.1, 0.15) is 18.4 Å². The number of likely N-dealkylation sites (tertiary alicyclic amines) is 1. The molecule has 0 bridgehead atoms. The van der Waals surface area contributed by atoms with Gasteiger partial charge in [-0.3, -0.25) is 9.59 Å². The Morgan fingerprint density at radius 3 is 2.57 bits per heavy atom. The molecule has 1 aromatic carbocycles. The number of rotatable bonds is 7. The number of nitrogens with zero attached hydrogens (tertiary/aromatic N) is 1. The van der Waals surface area contributed by atoms with Crippen LogP contribution in [0.4, 0.5) is 0 Å². The third-order valence-electron chi connectivity index (χ3n) is 5.88. The molecule has 0 aliphatic carbocycles. The quantitative estimate of drug-likeness (QED) is 0.752. The second-order valence-corrected chi connectivity index (χ2v) is 7.25. The molecule has 28 heavy (non-hydrogen) atoms. The van der Waals surface area contributed by atoms with Crippen LogP contribution < -0.4 is 14.2 Å². The molecule has 2 saturated heterocycles. The van der Waals surface area contributed by atoms with E-state index in [4.69, 9.17) is 18.9 Å². The molecule has 2 aliphatic heterocycles. The van der Waals surface area contributed by atoms with Gasteiger partial charge in [0.05, 0.1) is 33.4 Å². The molecule has 2 heterocycles. The van der Waals surface area contributed by atoms with E-state index in [2.05, 4.69) is 0 Å². The lowest BCUT2D eigenvalue weighted by molar-refractivity contribution is -0.157. The Balaban J connectivity index is 1.71. The predicted octanol–water partition coefficient (Wildman–Crippen LogP) is 1.59. The van der Waals surface area contributed by atoms with Crippen molar-refractivity contribution in [2.75, 3.05) is 47.6 Å². The van der Waals surface area contributed by atoms with Gasteiger partial charge >= 0.3 is 5.97 Å². The zero-order valence-corrected chi connectivity index (χ0v) is 16.5. The predicted molar refractivity (Wildman–Crippen MR) is 100.0 cm³/mol. The summed E-state index contributed by atoms with van der Waals surface area (Å²) in [6, 6.07) is 3.63. The Labute approximate surface area is 164 Å². The molecule has 1 aromatic rings. The van der Waals surface area contributed by atoms with Gasteiger partial charge in [-0.25, -0.2) is 0 Å². The number of hydrogen-bond acceptors (Lipinski definition) is 6. The van der Waals surface area contributed by atoms with Crippen molar-refractivity contribution in [2.24, 2.45) is 11.3 Å². The maximum absolute atomic E-state index is 12.8. The van der Waals surface area contributed by atoms with E-state index in [1.807, 2.05) is 6.07 Å². The molecule has 0 unspecified atom stereocenters. The van der Waals surface area contributed by atoms with Crippen LogP contribution in [0.15, 0.2) is 12.1 Å². The minimum atomic E-state index is -0.880. The molecular weight excluding hydrogens is 366 g/mol. The molecular formula is C20H27NO7. The van der Waals surface area contributed by atoms with E-state index in [1.54, 1.807) is 25.2 Å². The van der Waals surface area contributed by atoms with Gasteiger partial charge in [0.1, 0.15) is 0 Å². The molecule has 154 valence electrons. The van der Waals surface area contributed by atoms with E-state index < -0.39 is 11.4 Å². The monoisotopic (exact) mass is 393 g/mol. The molecule has 0 radical (unpaired) electrons. The normalized spacial score (nSPS) is 23.8. The van der Waals surface area contributed by atoms with E-state index in [9.17, 15) is 14.7 Å². The first kappa shape index (κ1) is 20.3. The number of ether oxygens (including phenoxy) is 4. The summed E-state index contributed by atoms with van der Waals surface area (Å²) in [7, 11) is 4.63. The number of hydrogen-bond donors (Lipinski definition) is 1. The number of carboxylic acid groups (broad SMARTS) is 1. The highest BCUT2D eigenvalue weighted by Gasteiger charge is 2.54. The van der Waals surface area contributed by atoms with Crippen molar-refractivity contribution in [1.82, 2.24) is 4.90 Å². The fourth-order valence-electron chi connectivity index (χ4n) is 4.25. The minimum Gasteiger partial charge on any atom is -0.493 e. The number of aryl methyl sites for hydroxylation is 1. The summed E-state index contributed by atoms with van der Waals surface area (Å²) in [6.45, 7) is 1.49. The van der Waals surface area contributed by atoms with E-state index >= 15 is 0 Å². The lowest BCUT2D eigenvalue weighted by atomic mass is 9.74. The topological polar surface area (TPSA) is 94.5 Å². The first-order valence-electron chi connectivity index (χ1n) is 9.33. The number of aliphatic carboxylic acids is 1. The van der Waals surface area contributed by atoms with E-state index in [1.165, 1.54) is 7.11 Å². The molecule has 1 amide bonds. The first-order valence-corrected chi connectivity index (χ1v) is 9.33. The highest BCUT2D eigenvalue weighted by atomic mass is 16.5. The molecule has 0 aromatic heterocycles.